The fourth-order valence-corrected chi connectivity index (χ4v) is 4.45. The van der Waals surface area contributed by atoms with Gasteiger partial charge in [-0.2, -0.15) is 4.98 Å². The summed E-state index contributed by atoms with van der Waals surface area (Å²) in [5.74, 6) is 0.489. The zero-order valence-electron chi connectivity index (χ0n) is 18.3. The molecule has 0 spiro atoms. The molecule has 0 unspecified atom stereocenters. The lowest BCUT2D eigenvalue weighted by molar-refractivity contribution is -0.120. The lowest BCUT2D eigenvalue weighted by Gasteiger charge is -2.33. The number of amides is 1. The SMILES string of the molecule is COc1ccc(NC(=O)[C@H]2CCCN(c3ncnc4onc(-c5ccc(F)cc5)c34)C2)cc1Cl. The number of carbonyl (C=O) groups excluding carboxylic acids is 1. The second kappa shape index (κ2) is 9.26. The molecule has 174 valence electrons. The van der Waals surface area contributed by atoms with Gasteiger partial charge in [0.1, 0.15) is 34.8 Å². The van der Waals surface area contributed by atoms with Crippen LogP contribution in [0.1, 0.15) is 12.8 Å². The van der Waals surface area contributed by atoms with Crippen molar-refractivity contribution in [2.75, 3.05) is 30.4 Å². The van der Waals surface area contributed by atoms with Crippen molar-refractivity contribution in [1.29, 1.82) is 0 Å². The number of anilines is 2. The molecule has 0 aliphatic carbocycles. The molecule has 8 nitrogen and oxygen atoms in total. The number of nitrogens with zero attached hydrogens (tertiary/aromatic N) is 4. The number of rotatable bonds is 5. The molecule has 1 atom stereocenters. The van der Waals surface area contributed by atoms with Crippen LogP contribution in [0.3, 0.4) is 0 Å². The zero-order chi connectivity index (χ0) is 23.7. The predicted molar refractivity (Wildman–Crippen MR) is 127 cm³/mol. The number of methoxy groups -OCH3 is 1. The molecule has 0 saturated carbocycles. The van der Waals surface area contributed by atoms with Crippen LogP contribution in [-0.4, -0.2) is 41.2 Å². The Bertz CT molecular complexity index is 1340. The van der Waals surface area contributed by atoms with Crippen molar-refractivity contribution in [2.45, 2.75) is 12.8 Å². The first-order chi connectivity index (χ1) is 16.5. The van der Waals surface area contributed by atoms with Gasteiger partial charge in [-0.05, 0) is 55.3 Å². The first kappa shape index (κ1) is 22.1. The summed E-state index contributed by atoms with van der Waals surface area (Å²) in [4.78, 5) is 23.8. The van der Waals surface area contributed by atoms with Crippen LogP contribution in [0.5, 0.6) is 5.75 Å². The van der Waals surface area contributed by atoms with E-state index in [4.69, 9.17) is 20.9 Å². The maximum Gasteiger partial charge on any atom is 0.263 e. The van der Waals surface area contributed by atoms with Gasteiger partial charge in [0.25, 0.3) is 5.71 Å². The summed E-state index contributed by atoms with van der Waals surface area (Å²) in [6.45, 7) is 1.19. The molecule has 0 bridgehead atoms. The lowest BCUT2D eigenvalue weighted by atomic mass is 9.96. The van der Waals surface area contributed by atoms with Gasteiger partial charge in [-0.3, -0.25) is 4.79 Å². The third-order valence-corrected chi connectivity index (χ3v) is 6.18. The van der Waals surface area contributed by atoms with Crippen molar-refractivity contribution < 1.29 is 18.4 Å². The van der Waals surface area contributed by atoms with E-state index in [9.17, 15) is 9.18 Å². The second-order valence-electron chi connectivity index (χ2n) is 8.04. The van der Waals surface area contributed by atoms with E-state index in [1.54, 1.807) is 30.3 Å². The number of halogens is 2. The van der Waals surface area contributed by atoms with Crippen LogP contribution in [0, 0.1) is 11.7 Å². The number of piperidine rings is 1. The summed E-state index contributed by atoms with van der Waals surface area (Å²) in [5.41, 5.74) is 2.17. The van der Waals surface area contributed by atoms with Gasteiger partial charge in [0, 0.05) is 24.3 Å². The van der Waals surface area contributed by atoms with Gasteiger partial charge >= 0.3 is 0 Å². The largest absolute Gasteiger partial charge is 0.495 e. The Kier molecular flexibility index (Phi) is 6.02. The number of carbonyl (C=O) groups is 1. The fourth-order valence-electron chi connectivity index (χ4n) is 4.19. The normalized spacial score (nSPS) is 16.0. The van der Waals surface area contributed by atoms with Crippen LogP contribution in [0.15, 0.2) is 53.3 Å². The third-order valence-electron chi connectivity index (χ3n) is 5.88. The van der Waals surface area contributed by atoms with E-state index in [-0.39, 0.29) is 17.6 Å². The average molecular weight is 482 g/mol. The van der Waals surface area contributed by atoms with E-state index >= 15 is 0 Å². The molecule has 34 heavy (non-hydrogen) atoms. The predicted octanol–water partition coefficient (Wildman–Crippen LogP) is 4.94. The lowest BCUT2D eigenvalue weighted by Crippen LogP contribution is -2.41. The van der Waals surface area contributed by atoms with Gasteiger partial charge < -0.3 is 19.5 Å². The smallest absolute Gasteiger partial charge is 0.263 e. The van der Waals surface area contributed by atoms with Crippen molar-refractivity contribution in [3.05, 3.63) is 59.6 Å². The van der Waals surface area contributed by atoms with Crippen LogP contribution in [0.2, 0.25) is 5.02 Å². The van der Waals surface area contributed by atoms with Gasteiger partial charge in [-0.1, -0.05) is 16.8 Å². The summed E-state index contributed by atoms with van der Waals surface area (Å²) in [5, 5.41) is 8.16. The molecular formula is C24H21ClFN5O3. The van der Waals surface area contributed by atoms with E-state index in [1.165, 1.54) is 25.6 Å². The minimum absolute atomic E-state index is 0.0969. The number of hydrogen-bond donors (Lipinski definition) is 1. The average Bonchev–Trinajstić information content (AvgIpc) is 3.29. The molecule has 0 radical (unpaired) electrons. The third kappa shape index (κ3) is 4.26. The van der Waals surface area contributed by atoms with Crippen LogP contribution >= 0.6 is 11.6 Å². The zero-order valence-corrected chi connectivity index (χ0v) is 19.1. The molecule has 1 fully saturated rings. The van der Waals surface area contributed by atoms with E-state index in [0.717, 1.165) is 19.4 Å². The maximum atomic E-state index is 13.4. The Morgan fingerprint density at radius 2 is 2.06 bits per heavy atom. The van der Waals surface area contributed by atoms with Crippen molar-refractivity contribution in [3.8, 4) is 17.0 Å². The highest BCUT2D eigenvalue weighted by molar-refractivity contribution is 6.32. The van der Waals surface area contributed by atoms with Gasteiger partial charge in [0.15, 0.2) is 0 Å². The highest BCUT2D eigenvalue weighted by Crippen LogP contribution is 2.35. The summed E-state index contributed by atoms with van der Waals surface area (Å²) >= 11 is 6.19. The molecule has 3 heterocycles. The number of nitrogens with one attached hydrogen (secondary N) is 1. The van der Waals surface area contributed by atoms with Crippen LogP contribution in [0.4, 0.5) is 15.9 Å². The molecule has 1 aliphatic heterocycles. The quantitative estimate of drug-likeness (QED) is 0.431. The number of hydrogen-bond acceptors (Lipinski definition) is 7. The van der Waals surface area contributed by atoms with Crippen molar-refractivity contribution in [2.24, 2.45) is 5.92 Å². The molecule has 4 aromatic rings. The van der Waals surface area contributed by atoms with Gasteiger partial charge in [-0.15, -0.1) is 0 Å². The van der Waals surface area contributed by atoms with Crippen molar-refractivity contribution in [1.82, 2.24) is 15.1 Å². The van der Waals surface area contributed by atoms with Crippen molar-refractivity contribution >= 4 is 40.1 Å². The molecule has 10 heteroatoms. The second-order valence-corrected chi connectivity index (χ2v) is 8.45. The number of ether oxygens (including phenoxy) is 1. The van der Waals surface area contributed by atoms with E-state index < -0.39 is 0 Å². The van der Waals surface area contributed by atoms with E-state index in [0.29, 0.717) is 51.2 Å². The highest BCUT2D eigenvalue weighted by Gasteiger charge is 2.29. The minimum Gasteiger partial charge on any atom is -0.495 e. The van der Waals surface area contributed by atoms with Crippen molar-refractivity contribution in [3.63, 3.8) is 0 Å². The highest BCUT2D eigenvalue weighted by atomic mass is 35.5. The van der Waals surface area contributed by atoms with Crippen LogP contribution < -0.4 is 15.0 Å². The number of fused-ring (bicyclic) bond motifs is 1. The Labute approximate surface area is 199 Å². The molecule has 5 rings (SSSR count). The summed E-state index contributed by atoms with van der Waals surface area (Å²) < 4.78 is 24.0. The Hall–Kier alpha value is -3.72. The molecule has 1 aliphatic rings. The first-order valence-corrected chi connectivity index (χ1v) is 11.2. The van der Waals surface area contributed by atoms with Gasteiger partial charge in [-0.25, -0.2) is 9.37 Å². The van der Waals surface area contributed by atoms with E-state index in [1.807, 2.05) is 4.90 Å². The monoisotopic (exact) mass is 481 g/mol. The fraction of sp³-hybridized carbons (Fsp3) is 0.250. The van der Waals surface area contributed by atoms with Gasteiger partial charge in [0.2, 0.25) is 5.91 Å². The molecule has 1 N–H and O–H groups in total. The molecule has 2 aromatic heterocycles. The standard InChI is InChI=1S/C24H21ClFN5O3/c1-33-19-9-8-17(11-18(19)25)29-23(32)15-3-2-10-31(12-15)22-20-21(14-4-6-16(26)7-5-14)30-34-24(20)28-13-27-22/h4-9,11,13,15H,2-3,10,12H2,1H3,(H,29,32)/t15-/m0/s1. The van der Waals surface area contributed by atoms with E-state index in [2.05, 4.69) is 20.4 Å². The maximum absolute atomic E-state index is 13.4. The summed E-state index contributed by atoms with van der Waals surface area (Å²) in [6, 6.07) is 11.1. The summed E-state index contributed by atoms with van der Waals surface area (Å²) in [6.07, 6.45) is 2.97. The molecule has 1 amide bonds. The first-order valence-electron chi connectivity index (χ1n) is 10.8. The topological polar surface area (TPSA) is 93.4 Å². The molecular weight excluding hydrogens is 461 g/mol. The summed E-state index contributed by atoms with van der Waals surface area (Å²) in [7, 11) is 1.54. The Morgan fingerprint density at radius 1 is 1.24 bits per heavy atom. The van der Waals surface area contributed by atoms with Gasteiger partial charge in [0.05, 0.1) is 18.1 Å². The van der Waals surface area contributed by atoms with Crippen LogP contribution in [0.25, 0.3) is 22.4 Å². The van der Waals surface area contributed by atoms with Crippen LogP contribution in [-0.2, 0) is 4.79 Å². The number of aromatic nitrogens is 3. The Morgan fingerprint density at radius 3 is 2.82 bits per heavy atom. The minimum atomic E-state index is -0.337. The molecule has 2 aromatic carbocycles. The molecule has 1 saturated heterocycles. The Balaban J connectivity index is 1.40. The number of benzene rings is 2.